The lowest BCUT2D eigenvalue weighted by molar-refractivity contribution is 0.219. The number of hydrogen-bond donors (Lipinski definition) is 1. The van der Waals surface area contributed by atoms with E-state index < -0.39 is 0 Å². The van der Waals surface area contributed by atoms with E-state index in [1.807, 2.05) is 0 Å². The molecule has 0 bridgehead atoms. The molecule has 0 saturated carbocycles. The maximum atomic E-state index is 5.93. The van der Waals surface area contributed by atoms with Crippen LogP contribution in [0.2, 0.25) is 0 Å². The topological polar surface area (TPSA) is 29.3 Å². The number of likely N-dealkylation sites (tertiary alicyclic amines) is 1. The highest BCUT2D eigenvalue weighted by atomic mass is 15.1. The Morgan fingerprint density at radius 3 is 2.31 bits per heavy atom. The van der Waals surface area contributed by atoms with Crippen LogP contribution in [0.4, 0.5) is 0 Å². The highest BCUT2D eigenvalue weighted by Crippen LogP contribution is 2.12. The molecule has 0 amide bonds. The lowest BCUT2D eigenvalue weighted by atomic mass is 9.99. The Morgan fingerprint density at radius 1 is 1.15 bits per heavy atom. The summed E-state index contributed by atoms with van der Waals surface area (Å²) in [5, 5.41) is 0. The van der Waals surface area contributed by atoms with Gasteiger partial charge in [-0.2, -0.15) is 0 Å². The molecule has 1 aliphatic rings. The molecule has 0 unspecified atom stereocenters. The van der Waals surface area contributed by atoms with Crippen molar-refractivity contribution in [1.82, 2.24) is 4.90 Å². The van der Waals surface area contributed by atoms with Crippen LogP contribution in [-0.4, -0.2) is 30.1 Å². The zero-order valence-electron chi connectivity index (χ0n) is 9.18. The molecule has 2 heteroatoms. The first kappa shape index (κ1) is 11.0. The first-order valence-electron chi connectivity index (χ1n) is 5.59. The normalized spacial score (nSPS) is 20.5. The van der Waals surface area contributed by atoms with E-state index >= 15 is 0 Å². The van der Waals surface area contributed by atoms with Crippen molar-refractivity contribution in [2.45, 2.75) is 51.5 Å². The van der Waals surface area contributed by atoms with Gasteiger partial charge in [0, 0.05) is 5.54 Å². The molecule has 0 aromatic carbocycles. The van der Waals surface area contributed by atoms with Gasteiger partial charge in [0.15, 0.2) is 0 Å². The summed E-state index contributed by atoms with van der Waals surface area (Å²) in [6, 6.07) is 0. The van der Waals surface area contributed by atoms with Crippen molar-refractivity contribution in [1.29, 1.82) is 0 Å². The van der Waals surface area contributed by atoms with Gasteiger partial charge in [-0.25, -0.2) is 0 Å². The average Bonchev–Trinajstić information content (AvgIpc) is 2.04. The summed E-state index contributed by atoms with van der Waals surface area (Å²) < 4.78 is 0. The number of nitrogens with zero attached hydrogens (tertiary/aromatic N) is 1. The number of piperidine rings is 1. The summed E-state index contributed by atoms with van der Waals surface area (Å²) in [7, 11) is 0. The predicted octanol–water partition coefficient (Wildman–Crippen LogP) is 1.99. The SMILES string of the molecule is CC(C)(N)CCCN1CCCCC1. The minimum atomic E-state index is 0.0236. The van der Waals surface area contributed by atoms with Crippen LogP contribution in [-0.2, 0) is 0 Å². The molecule has 1 heterocycles. The first-order chi connectivity index (χ1) is 6.08. The van der Waals surface area contributed by atoms with Crippen LogP contribution in [0.5, 0.6) is 0 Å². The van der Waals surface area contributed by atoms with E-state index in [-0.39, 0.29) is 5.54 Å². The lowest BCUT2D eigenvalue weighted by Crippen LogP contribution is -2.35. The van der Waals surface area contributed by atoms with Gasteiger partial charge in [-0.1, -0.05) is 6.42 Å². The Kier molecular flexibility index (Phi) is 4.20. The molecule has 0 spiro atoms. The third-order valence-electron chi connectivity index (χ3n) is 2.74. The van der Waals surface area contributed by atoms with Crippen molar-refractivity contribution in [2.75, 3.05) is 19.6 Å². The maximum Gasteiger partial charge on any atom is 0.00975 e. The van der Waals surface area contributed by atoms with Crippen LogP contribution >= 0.6 is 0 Å². The molecule has 1 fully saturated rings. The lowest BCUT2D eigenvalue weighted by Gasteiger charge is -2.27. The first-order valence-corrected chi connectivity index (χ1v) is 5.59. The fourth-order valence-electron chi connectivity index (χ4n) is 1.94. The summed E-state index contributed by atoms with van der Waals surface area (Å²) in [5.41, 5.74) is 5.96. The molecule has 1 saturated heterocycles. The summed E-state index contributed by atoms with van der Waals surface area (Å²) >= 11 is 0. The van der Waals surface area contributed by atoms with Gasteiger partial charge in [0.2, 0.25) is 0 Å². The minimum absolute atomic E-state index is 0.0236. The number of rotatable bonds is 4. The molecular formula is C11H24N2. The summed E-state index contributed by atoms with van der Waals surface area (Å²) in [6.45, 7) is 8.10. The highest BCUT2D eigenvalue weighted by molar-refractivity contribution is 4.73. The van der Waals surface area contributed by atoms with Gasteiger partial charge in [0.05, 0.1) is 0 Å². The molecule has 2 nitrogen and oxygen atoms in total. The van der Waals surface area contributed by atoms with Crippen molar-refractivity contribution >= 4 is 0 Å². The molecule has 0 atom stereocenters. The Hall–Kier alpha value is -0.0800. The standard InChI is InChI=1S/C11H24N2/c1-11(2,12)7-6-10-13-8-4-3-5-9-13/h3-10,12H2,1-2H3. The molecule has 1 aliphatic heterocycles. The maximum absolute atomic E-state index is 5.93. The zero-order valence-corrected chi connectivity index (χ0v) is 9.18. The number of hydrogen-bond acceptors (Lipinski definition) is 2. The van der Waals surface area contributed by atoms with Gasteiger partial charge in [-0.15, -0.1) is 0 Å². The quantitative estimate of drug-likeness (QED) is 0.724. The molecule has 0 aromatic heterocycles. The largest absolute Gasteiger partial charge is 0.326 e. The third-order valence-corrected chi connectivity index (χ3v) is 2.74. The molecule has 0 radical (unpaired) electrons. The fraction of sp³-hybridized carbons (Fsp3) is 1.00. The fourth-order valence-corrected chi connectivity index (χ4v) is 1.94. The van der Waals surface area contributed by atoms with Crippen LogP contribution in [0.3, 0.4) is 0 Å². The van der Waals surface area contributed by atoms with Gasteiger partial charge in [-0.05, 0) is 59.2 Å². The van der Waals surface area contributed by atoms with E-state index in [4.69, 9.17) is 5.73 Å². The van der Waals surface area contributed by atoms with Crippen LogP contribution in [0.25, 0.3) is 0 Å². The average molecular weight is 184 g/mol. The van der Waals surface area contributed by atoms with Crippen molar-refractivity contribution in [3.05, 3.63) is 0 Å². The molecule has 78 valence electrons. The van der Waals surface area contributed by atoms with Gasteiger partial charge in [-0.3, -0.25) is 0 Å². The third kappa shape index (κ3) is 5.27. The van der Waals surface area contributed by atoms with Crippen molar-refractivity contribution in [3.63, 3.8) is 0 Å². The molecule has 1 rings (SSSR count). The second-order valence-electron chi connectivity index (χ2n) is 4.99. The van der Waals surface area contributed by atoms with Gasteiger partial charge < -0.3 is 10.6 Å². The smallest absolute Gasteiger partial charge is 0.00975 e. The number of nitrogens with two attached hydrogens (primary N) is 1. The van der Waals surface area contributed by atoms with E-state index in [0.29, 0.717) is 0 Å². The Bertz CT molecular complexity index is 132. The summed E-state index contributed by atoms with van der Waals surface area (Å²) in [5.74, 6) is 0. The van der Waals surface area contributed by atoms with Crippen molar-refractivity contribution in [2.24, 2.45) is 5.73 Å². The molecular weight excluding hydrogens is 160 g/mol. The summed E-state index contributed by atoms with van der Waals surface area (Å²) in [6.07, 6.45) is 6.61. The van der Waals surface area contributed by atoms with E-state index in [1.165, 1.54) is 45.3 Å². The zero-order chi connectivity index (χ0) is 9.73. The Labute approximate surface area is 82.5 Å². The second-order valence-corrected chi connectivity index (χ2v) is 4.99. The van der Waals surface area contributed by atoms with E-state index in [0.717, 1.165) is 6.42 Å². The summed E-state index contributed by atoms with van der Waals surface area (Å²) in [4.78, 5) is 2.58. The predicted molar refractivity (Wildman–Crippen MR) is 57.8 cm³/mol. The van der Waals surface area contributed by atoms with Crippen molar-refractivity contribution in [3.8, 4) is 0 Å². The second kappa shape index (κ2) is 4.97. The molecule has 13 heavy (non-hydrogen) atoms. The van der Waals surface area contributed by atoms with Crippen LogP contribution in [0, 0.1) is 0 Å². The molecule has 0 aromatic rings. The van der Waals surface area contributed by atoms with E-state index in [2.05, 4.69) is 18.7 Å². The van der Waals surface area contributed by atoms with Crippen molar-refractivity contribution < 1.29 is 0 Å². The van der Waals surface area contributed by atoms with Crippen LogP contribution in [0.15, 0.2) is 0 Å². The highest BCUT2D eigenvalue weighted by Gasteiger charge is 2.13. The Morgan fingerprint density at radius 2 is 1.77 bits per heavy atom. The van der Waals surface area contributed by atoms with Crippen LogP contribution in [0.1, 0.15) is 46.0 Å². The van der Waals surface area contributed by atoms with E-state index in [1.54, 1.807) is 0 Å². The van der Waals surface area contributed by atoms with Gasteiger partial charge in [0.25, 0.3) is 0 Å². The van der Waals surface area contributed by atoms with Gasteiger partial charge >= 0.3 is 0 Å². The molecule has 0 aliphatic carbocycles. The van der Waals surface area contributed by atoms with E-state index in [9.17, 15) is 0 Å². The van der Waals surface area contributed by atoms with Crippen LogP contribution < -0.4 is 5.73 Å². The monoisotopic (exact) mass is 184 g/mol. The molecule has 2 N–H and O–H groups in total. The minimum Gasteiger partial charge on any atom is -0.326 e. The van der Waals surface area contributed by atoms with Gasteiger partial charge in [0.1, 0.15) is 0 Å². The Balaban J connectivity index is 2.04.